The molecule has 0 radical (unpaired) electrons. The van der Waals surface area contributed by atoms with Gasteiger partial charge in [0.25, 0.3) is 0 Å². The minimum Gasteiger partial charge on any atom is -0.478 e. The average Bonchev–Trinajstić information content (AvgIpc) is 2.66. The summed E-state index contributed by atoms with van der Waals surface area (Å²) in [6, 6.07) is 25.8. The summed E-state index contributed by atoms with van der Waals surface area (Å²) in [4.78, 5) is 10.9. The van der Waals surface area contributed by atoms with Crippen LogP contribution in [0, 0.1) is 0 Å². The predicted octanol–water partition coefficient (Wildman–Crippen LogP) is 4.78. The number of hydrogen-bond acceptors (Lipinski definition) is 2. The molecule has 0 aromatic heterocycles. The molecule has 3 heteroatoms. The summed E-state index contributed by atoms with van der Waals surface area (Å²) in [7, 11) is 0. The molecular weight excluding hydrogens is 310 g/mol. The molecule has 0 heterocycles. The number of anilines is 1. The van der Waals surface area contributed by atoms with Crippen LogP contribution < -0.4 is 5.32 Å². The van der Waals surface area contributed by atoms with Crippen molar-refractivity contribution in [2.24, 2.45) is 0 Å². The number of hydrogen-bond donors (Lipinski definition) is 2. The van der Waals surface area contributed by atoms with Crippen molar-refractivity contribution in [1.29, 1.82) is 0 Å². The van der Waals surface area contributed by atoms with E-state index in [0.29, 0.717) is 5.56 Å². The minimum atomic E-state index is -0.905. The Hall–Kier alpha value is -3.07. The van der Waals surface area contributed by atoms with Crippen LogP contribution in [-0.2, 0) is 19.4 Å². The number of carbonyl (C=O) groups is 1. The fourth-order valence-electron chi connectivity index (χ4n) is 2.83. The lowest BCUT2D eigenvalue weighted by Crippen LogP contribution is -2.04. The van der Waals surface area contributed by atoms with Crippen molar-refractivity contribution in [2.45, 2.75) is 19.4 Å². The van der Waals surface area contributed by atoms with Crippen molar-refractivity contribution < 1.29 is 9.90 Å². The van der Waals surface area contributed by atoms with Gasteiger partial charge in [0.15, 0.2) is 0 Å². The number of benzene rings is 3. The maximum atomic E-state index is 10.9. The third-order valence-electron chi connectivity index (χ3n) is 4.26. The second-order valence-electron chi connectivity index (χ2n) is 5.99. The molecule has 0 aliphatic carbocycles. The van der Waals surface area contributed by atoms with E-state index in [9.17, 15) is 4.79 Å². The van der Waals surface area contributed by atoms with Gasteiger partial charge in [-0.15, -0.1) is 0 Å². The van der Waals surface area contributed by atoms with Gasteiger partial charge in [0.1, 0.15) is 0 Å². The van der Waals surface area contributed by atoms with Gasteiger partial charge in [-0.2, -0.15) is 0 Å². The summed E-state index contributed by atoms with van der Waals surface area (Å²) < 4.78 is 0. The molecule has 3 aromatic carbocycles. The zero-order chi connectivity index (χ0) is 17.5. The van der Waals surface area contributed by atoms with Gasteiger partial charge in [-0.3, -0.25) is 0 Å². The third kappa shape index (κ3) is 4.70. The van der Waals surface area contributed by atoms with Crippen LogP contribution in [0.25, 0.3) is 0 Å². The van der Waals surface area contributed by atoms with E-state index in [-0.39, 0.29) is 0 Å². The topological polar surface area (TPSA) is 49.3 Å². The molecule has 0 aliphatic rings. The van der Waals surface area contributed by atoms with E-state index in [2.05, 4.69) is 53.8 Å². The maximum Gasteiger partial charge on any atom is 0.335 e. The number of aryl methyl sites for hydroxylation is 2. The molecular formula is C22H21NO2. The molecule has 3 nitrogen and oxygen atoms in total. The standard InChI is InChI=1S/C22H21NO2/c24-22(25)19-12-14-21(15-13-19)23-16-20-9-5-4-8-18(20)11-10-17-6-2-1-3-7-17/h1-9,12-15,23H,10-11,16H2,(H,24,25). The Bertz CT molecular complexity index is 826. The average molecular weight is 331 g/mol. The van der Waals surface area contributed by atoms with Crippen LogP contribution in [0.5, 0.6) is 0 Å². The lowest BCUT2D eigenvalue weighted by Gasteiger charge is -2.12. The van der Waals surface area contributed by atoms with Gasteiger partial charge in [0, 0.05) is 12.2 Å². The van der Waals surface area contributed by atoms with Crippen molar-refractivity contribution in [1.82, 2.24) is 0 Å². The number of aromatic carboxylic acids is 1. The van der Waals surface area contributed by atoms with E-state index in [4.69, 9.17) is 5.11 Å². The molecule has 0 saturated carbocycles. The van der Waals surface area contributed by atoms with Crippen molar-refractivity contribution in [2.75, 3.05) is 5.32 Å². The van der Waals surface area contributed by atoms with E-state index in [1.54, 1.807) is 24.3 Å². The van der Waals surface area contributed by atoms with E-state index < -0.39 is 5.97 Å². The number of carboxylic acid groups (broad SMARTS) is 1. The second-order valence-corrected chi connectivity index (χ2v) is 5.99. The first kappa shape index (κ1) is 16.8. The molecule has 0 fully saturated rings. The summed E-state index contributed by atoms with van der Waals surface area (Å²) in [6.07, 6.45) is 2.02. The lowest BCUT2D eigenvalue weighted by atomic mass is 9.99. The SMILES string of the molecule is O=C(O)c1ccc(NCc2ccccc2CCc2ccccc2)cc1. The van der Waals surface area contributed by atoms with Crippen LogP contribution in [-0.4, -0.2) is 11.1 Å². The van der Waals surface area contributed by atoms with Gasteiger partial charge in [0.2, 0.25) is 0 Å². The van der Waals surface area contributed by atoms with Crippen molar-refractivity contribution in [3.05, 3.63) is 101 Å². The number of carboxylic acids is 1. The fraction of sp³-hybridized carbons (Fsp3) is 0.136. The second kappa shape index (κ2) is 8.15. The van der Waals surface area contributed by atoms with E-state index in [1.165, 1.54) is 16.7 Å². The van der Waals surface area contributed by atoms with Crippen LogP contribution >= 0.6 is 0 Å². The Kier molecular flexibility index (Phi) is 5.47. The summed E-state index contributed by atoms with van der Waals surface area (Å²) in [6.45, 7) is 0.720. The summed E-state index contributed by atoms with van der Waals surface area (Å²) >= 11 is 0. The van der Waals surface area contributed by atoms with Crippen LogP contribution in [0.15, 0.2) is 78.9 Å². The minimum absolute atomic E-state index is 0.300. The highest BCUT2D eigenvalue weighted by Crippen LogP contribution is 2.16. The monoisotopic (exact) mass is 331 g/mol. The Labute approximate surface area is 148 Å². The molecule has 0 atom stereocenters. The highest BCUT2D eigenvalue weighted by molar-refractivity contribution is 5.87. The van der Waals surface area contributed by atoms with E-state index in [0.717, 1.165) is 25.1 Å². The number of nitrogens with one attached hydrogen (secondary N) is 1. The molecule has 25 heavy (non-hydrogen) atoms. The van der Waals surface area contributed by atoms with Crippen LogP contribution in [0.1, 0.15) is 27.0 Å². The highest BCUT2D eigenvalue weighted by Gasteiger charge is 2.04. The van der Waals surface area contributed by atoms with Crippen molar-refractivity contribution in [3.8, 4) is 0 Å². The quantitative estimate of drug-likeness (QED) is 0.655. The van der Waals surface area contributed by atoms with Gasteiger partial charge in [-0.05, 0) is 53.8 Å². The molecule has 0 unspecified atom stereocenters. The molecule has 0 aliphatic heterocycles. The third-order valence-corrected chi connectivity index (χ3v) is 4.26. The van der Waals surface area contributed by atoms with E-state index >= 15 is 0 Å². The van der Waals surface area contributed by atoms with Crippen LogP contribution in [0.2, 0.25) is 0 Å². The van der Waals surface area contributed by atoms with Crippen LogP contribution in [0.4, 0.5) is 5.69 Å². The highest BCUT2D eigenvalue weighted by atomic mass is 16.4. The lowest BCUT2D eigenvalue weighted by molar-refractivity contribution is 0.0697. The zero-order valence-corrected chi connectivity index (χ0v) is 14.0. The van der Waals surface area contributed by atoms with Crippen molar-refractivity contribution in [3.63, 3.8) is 0 Å². The van der Waals surface area contributed by atoms with Gasteiger partial charge < -0.3 is 10.4 Å². The molecule has 2 N–H and O–H groups in total. The maximum absolute atomic E-state index is 10.9. The molecule has 3 aromatic rings. The van der Waals surface area contributed by atoms with Crippen LogP contribution in [0.3, 0.4) is 0 Å². The molecule has 0 spiro atoms. The zero-order valence-electron chi connectivity index (χ0n) is 14.0. The largest absolute Gasteiger partial charge is 0.478 e. The fourth-order valence-corrected chi connectivity index (χ4v) is 2.83. The summed E-state index contributed by atoms with van der Waals surface area (Å²) in [5.74, 6) is -0.905. The van der Waals surface area contributed by atoms with Gasteiger partial charge in [-0.25, -0.2) is 4.79 Å². The van der Waals surface area contributed by atoms with E-state index in [1.807, 2.05) is 6.07 Å². The first-order valence-corrected chi connectivity index (χ1v) is 8.40. The molecule has 0 saturated heterocycles. The molecule has 0 amide bonds. The van der Waals surface area contributed by atoms with Gasteiger partial charge in [0.05, 0.1) is 5.56 Å². The van der Waals surface area contributed by atoms with Gasteiger partial charge >= 0.3 is 5.97 Å². The van der Waals surface area contributed by atoms with Crippen molar-refractivity contribution >= 4 is 11.7 Å². The summed E-state index contributed by atoms with van der Waals surface area (Å²) in [5.41, 5.74) is 5.16. The number of rotatable bonds is 7. The summed E-state index contributed by atoms with van der Waals surface area (Å²) in [5, 5.41) is 12.3. The normalized spacial score (nSPS) is 10.4. The predicted molar refractivity (Wildman–Crippen MR) is 101 cm³/mol. The van der Waals surface area contributed by atoms with Gasteiger partial charge in [-0.1, -0.05) is 54.6 Å². The first-order chi connectivity index (χ1) is 12.2. The Balaban J connectivity index is 1.63. The molecule has 126 valence electrons. The Morgan fingerprint density at radius 1 is 0.760 bits per heavy atom. The first-order valence-electron chi connectivity index (χ1n) is 8.40. The molecule has 0 bridgehead atoms. The smallest absolute Gasteiger partial charge is 0.335 e. The molecule has 3 rings (SSSR count). The Morgan fingerprint density at radius 2 is 1.40 bits per heavy atom. The Morgan fingerprint density at radius 3 is 2.08 bits per heavy atom.